The van der Waals surface area contributed by atoms with Crippen LogP contribution in [-0.4, -0.2) is 21.7 Å². The molecular formula is C7H10BrN3O. The molecule has 0 fully saturated rings. The molecule has 1 unspecified atom stereocenters. The Balaban J connectivity index is 2.96. The average molecular weight is 232 g/mol. The lowest BCUT2D eigenvalue weighted by atomic mass is 10.2. The van der Waals surface area contributed by atoms with Crippen molar-refractivity contribution >= 4 is 15.9 Å². The summed E-state index contributed by atoms with van der Waals surface area (Å²) in [6.07, 6.45) is 1.55. The number of halogens is 1. The van der Waals surface area contributed by atoms with Crippen molar-refractivity contribution in [3.8, 4) is 0 Å². The van der Waals surface area contributed by atoms with Gasteiger partial charge in [-0.25, -0.2) is 4.98 Å². The molecule has 5 heteroatoms. The average Bonchev–Trinajstić information content (AvgIpc) is 2.08. The van der Waals surface area contributed by atoms with Crippen molar-refractivity contribution in [2.75, 3.05) is 6.61 Å². The van der Waals surface area contributed by atoms with Gasteiger partial charge in [-0.05, 0) is 22.9 Å². The summed E-state index contributed by atoms with van der Waals surface area (Å²) in [6.45, 7) is 1.71. The second-order valence-corrected chi connectivity index (χ2v) is 3.21. The summed E-state index contributed by atoms with van der Waals surface area (Å²) < 4.78 is 0.705. The van der Waals surface area contributed by atoms with Gasteiger partial charge in [-0.15, -0.1) is 0 Å². The number of rotatable bonds is 2. The van der Waals surface area contributed by atoms with Gasteiger partial charge in [0, 0.05) is 0 Å². The third-order valence-electron chi connectivity index (χ3n) is 1.48. The van der Waals surface area contributed by atoms with Gasteiger partial charge in [-0.3, -0.25) is 4.98 Å². The first-order valence-electron chi connectivity index (χ1n) is 3.50. The molecular weight excluding hydrogens is 222 g/mol. The number of nitrogens with two attached hydrogens (primary N) is 1. The van der Waals surface area contributed by atoms with Crippen LogP contribution >= 0.6 is 15.9 Å². The summed E-state index contributed by atoms with van der Waals surface area (Å²) in [5.41, 5.74) is 6.93. The van der Waals surface area contributed by atoms with E-state index in [-0.39, 0.29) is 6.61 Å². The van der Waals surface area contributed by atoms with Gasteiger partial charge in [0.05, 0.1) is 30.2 Å². The van der Waals surface area contributed by atoms with Crippen molar-refractivity contribution in [2.45, 2.75) is 13.0 Å². The highest BCUT2D eigenvalue weighted by molar-refractivity contribution is 9.10. The van der Waals surface area contributed by atoms with E-state index in [1.165, 1.54) is 0 Å². The van der Waals surface area contributed by atoms with Gasteiger partial charge in [0.2, 0.25) is 0 Å². The van der Waals surface area contributed by atoms with E-state index in [1.54, 1.807) is 6.20 Å². The number of aryl methyl sites for hydroxylation is 1. The van der Waals surface area contributed by atoms with Gasteiger partial charge < -0.3 is 10.8 Å². The molecule has 0 radical (unpaired) electrons. The van der Waals surface area contributed by atoms with E-state index in [4.69, 9.17) is 10.8 Å². The minimum atomic E-state index is -0.440. The van der Waals surface area contributed by atoms with Gasteiger partial charge in [0.1, 0.15) is 4.60 Å². The van der Waals surface area contributed by atoms with Crippen LogP contribution < -0.4 is 5.73 Å². The van der Waals surface area contributed by atoms with Gasteiger partial charge in [-0.1, -0.05) is 0 Å². The van der Waals surface area contributed by atoms with Crippen LogP contribution in [0.5, 0.6) is 0 Å². The number of aromatic nitrogens is 2. The Hall–Kier alpha value is -0.520. The van der Waals surface area contributed by atoms with Crippen LogP contribution in [0, 0.1) is 6.92 Å². The molecule has 1 aromatic heterocycles. The molecule has 0 saturated heterocycles. The summed E-state index contributed by atoms with van der Waals surface area (Å²) in [6, 6.07) is -0.440. The normalized spacial score (nSPS) is 13.0. The maximum Gasteiger partial charge on any atom is 0.127 e. The van der Waals surface area contributed by atoms with Crippen LogP contribution in [0.4, 0.5) is 0 Å². The highest BCUT2D eigenvalue weighted by Gasteiger charge is 2.07. The summed E-state index contributed by atoms with van der Waals surface area (Å²) in [5.74, 6) is 0. The molecule has 0 spiro atoms. The SMILES string of the molecule is Cc1nc(C(N)CO)cnc1Br. The predicted octanol–water partition coefficient (Wildman–Crippen LogP) is 0.540. The quantitative estimate of drug-likeness (QED) is 0.780. The molecule has 66 valence electrons. The highest BCUT2D eigenvalue weighted by atomic mass is 79.9. The van der Waals surface area contributed by atoms with Crippen LogP contribution in [0.1, 0.15) is 17.4 Å². The zero-order valence-corrected chi connectivity index (χ0v) is 8.24. The molecule has 0 amide bonds. The van der Waals surface area contributed by atoms with Gasteiger partial charge in [-0.2, -0.15) is 0 Å². The molecule has 4 nitrogen and oxygen atoms in total. The van der Waals surface area contributed by atoms with Crippen molar-refractivity contribution in [3.05, 3.63) is 22.2 Å². The number of hydrogen-bond donors (Lipinski definition) is 2. The molecule has 0 aliphatic carbocycles. The van der Waals surface area contributed by atoms with Crippen molar-refractivity contribution < 1.29 is 5.11 Å². The summed E-state index contributed by atoms with van der Waals surface area (Å²) >= 11 is 3.22. The summed E-state index contributed by atoms with van der Waals surface area (Å²) in [7, 11) is 0. The van der Waals surface area contributed by atoms with Crippen molar-refractivity contribution in [3.63, 3.8) is 0 Å². The van der Waals surface area contributed by atoms with E-state index in [0.29, 0.717) is 10.3 Å². The van der Waals surface area contributed by atoms with Gasteiger partial charge in [0.25, 0.3) is 0 Å². The van der Waals surface area contributed by atoms with E-state index in [0.717, 1.165) is 5.69 Å². The standard InChI is InChI=1S/C7H10BrN3O/c1-4-7(8)10-2-6(11-4)5(9)3-12/h2,5,12H,3,9H2,1H3. The molecule has 1 aromatic rings. The molecule has 0 aromatic carbocycles. The molecule has 3 N–H and O–H groups in total. The Morgan fingerprint density at radius 3 is 2.92 bits per heavy atom. The molecule has 0 saturated carbocycles. The molecule has 1 atom stereocenters. The van der Waals surface area contributed by atoms with E-state index in [2.05, 4.69) is 25.9 Å². The predicted molar refractivity (Wildman–Crippen MR) is 48.5 cm³/mol. The van der Waals surface area contributed by atoms with Crippen molar-refractivity contribution in [1.29, 1.82) is 0 Å². The number of hydrogen-bond acceptors (Lipinski definition) is 4. The van der Waals surface area contributed by atoms with Crippen LogP contribution in [0.2, 0.25) is 0 Å². The lowest BCUT2D eigenvalue weighted by Crippen LogP contribution is -2.16. The van der Waals surface area contributed by atoms with Crippen LogP contribution in [-0.2, 0) is 0 Å². The second kappa shape index (κ2) is 3.93. The van der Waals surface area contributed by atoms with Crippen molar-refractivity contribution in [2.24, 2.45) is 5.73 Å². The maximum absolute atomic E-state index is 8.74. The Labute approximate surface area is 79.0 Å². The first kappa shape index (κ1) is 9.57. The molecule has 0 aliphatic heterocycles. The molecule has 0 bridgehead atoms. The molecule has 0 aliphatic rings. The fourth-order valence-corrected chi connectivity index (χ4v) is 0.948. The third kappa shape index (κ3) is 2.00. The lowest BCUT2D eigenvalue weighted by Gasteiger charge is -2.07. The summed E-state index contributed by atoms with van der Waals surface area (Å²) in [4.78, 5) is 8.16. The van der Waals surface area contributed by atoms with Gasteiger partial charge >= 0.3 is 0 Å². The Kier molecular flexibility index (Phi) is 3.13. The largest absolute Gasteiger partial charge is 0.394 e. The number of nitrogens with zero attached hydrogens (tertiary/aromatic N) is 2. The Morgan fingerprint density at radius 1 is 1.75 bits per heavy atom. The van der Waals surface area contributed by atoms with Crippen LogP contribution in [0.3, 0.4) is 0 Å². The van der Waals surface area contributed by atoms with Crippen LogP contribution in [0.15, 0.2) is 10.8 Å². The first-order chi connectivity index (χ1) is 5.65. The summed E-state index contributed by atoms with van der Waals surface area (Å²) in [5, 5.41) is 8.74. The van der Waals surface area contributed by atoms with Gasteiger partial charge in [0.15, 0.2) is 0 Å². The first-order valence-corrected chi connectivity index (χ1v) is 4.30. The fraction of sp³-hybridized carbons (Fsp3) is 0.429. The second-order valence-electron chi connectivity index (χ2n) is 2.46. The lowest BCUT2D eigenvalue weighted by molar-refractivity contribution is 0.265. The highest BCUT2D eigenvalue weighted by Crippen LogP contribution is 2.12. The third-order valence-corrected chi connectivity index (χ3v) is 2.26. The zero-order chi connectivity index (χ0) is 9.14. The Morgan fingerprint density at radius 2 is 2.42 bits per heavy atom. The number of aliphatic hydroxyl groups is 1. The van der Waals surface area contributed by atoms with E-state index >= 15 is 0 Å². The fourth-order valence-electron chi connectivity index (χ4n) is 0.757. The van der Waals surface area contributed by atoms with E-state index in [9.17, 15) is 0 Å². The maximum atomic E-state index is 8.74. The molecule has 1 rings (SSSR count). The molecule has 1 heterocycles. The zero-order valence-electron chi connectivity index (χ0n) is 6.66. The van der Waals surface area contributed by atoms with Crippen molar-refractivity contribution in [1.82, 2.24) is 9.97 Å². The van der Waals surface area contributed by atoms with Crippen LogP contribution in [0.25, 0.3) is 0 Å². The molecule has 12 heavy (non-hydrogen) atoms. The number of aliphatic hydroxyl groups excluding tert-OH is 1. The van der Waals surface area contributed by atoms with E-state index in [1.807, 2.05) is 6.92 Å². The minimum absolute atomic E-state index is 0.115. The smallest absolute Gasteiger partial charge is 0.127 e. The minimum Gasteiger partial charge on any atom is -0.394 e. The van der Waals surface area contributed by atoms with E-state index < -0.39 is 6.04 Å². The monoisotopic (exact) mass is 231 g/mol. The Bertz CT molecular complexity index is 279. The topological polar surface area (TPSA) is 72.0 Å².